The molecule has 0 spiro atoms. The number of carboxylic acid groups (broad SMARTS) is 1. The predicted molar refractivity (Wildman–Crippen MR) is 51.2 cm³/mol. The Kier molecular flexibility index (Phi) is 4.90. The number of aliphatic carboxylic acids is 1. The zero-order valence-corrected chi connectivity index (χ0v) is 8.57. The summed E-state index contributed by atoms with van der Waals surface area (Å²) in [4.78, 5) is 11.0. The van der Waals surface area contributed by atoms with Gasteiger partial charge in [0.15, 0.2) is 0 Å². The van der Waals surface area contributed by atoms with Gasteiger partial charge in [0.25, 0.3) is 0 Å². The molecule has 4 nitrogen and oxygen atoms in total. The van der Waals surface area contributed by atoms with E-state index in [-0.39, 0.29) is 11.8 Å². The van der Waals surface area contributed by atoms with Gasteiger partial charge in [-0.1, -0.05) is 0 Å². The van der Waals surface area contributed by atoms with Crippen molar-refractivity contribution in [1.29, 1.82) is 0 Å². The second kappa shape index (κ2) is 5.98. The van der Waals surface area contributed by atoms with Gasteiger partial charge in [-0.2, -0.15) is 0 Å². The van der Waals surface area contributed by atoms with Gasteiger partial charge in [0.2, 0.25) is 0 Å². The van der Waals surface area contributed by atoms with Crippen LogP contribution in [0.3, 0.4) is 0 Å². The molecular weight excluding hydrogens is 184 g/mol. The number of ether oxygens (including phenoxy) is 2. The quantitative estimate of drug-likeness (QED) is 0.726. The molecule has 1 unspecified atom stereocenters. The van der Waals surface area contributed by atoms with E-state index in [9.17, 15) is 4.79 Å². The van der Waals surface area contributed by atoms with Gasteiger partial charge in [0.05, 0.1) is 5.92 Å². The Bertz CT molecular complexity index is 175. The molecule has 0 radical (unpaired) electrons. The van der Waals surface area contributed by atoms with E-state index in [0.29, 0.717) is 26.2 Å². The summed E-state index contributed by atoms with van der Waals surface area (Å²) in [5, 5.41) is 9.06. The van der Waals surface area contributed by atoms with Crippen molar-refractivity contribution >= 4 is 5.97 Å². The normalized spacial score (nSPS) is 20.6. The Hall–Kier alpha value is -0.610. The Labute approximate surface area is 84.2 Å². The highest BCUT2D eigenvalue weighted by Crippen LogP contribution is 2.26. The van der Waals surface area contributed by atoms with Crippen molar-refractivity contribution < 1.29 is 19.4 Å². The molecule has 0 saturated carbocycles. The molecule has 14 heavy (non-hydrogen) atoms. The molecule has 4 heteroatoms. The first-order chi connectivity index (χ1) is 6.75. The first kappa shape index (κ1) is 11.5. The van der Waals surface area contributed by atoms with Crippen molar-refractivity contribution in [3.63, 3.8) is 0 Å². The SMILES string of the molecule is COCCC(C(=O)O)C1CCOCC1. The highest BCUT2D eigenvalue weighted by atomic mass is 16.5. The second-order valence-electron chi connectivity index (χ2n) is 3.68. The lowest BCUT2D eigenvalue weighted by atomic mass is 9.84. The number of methoxy groups -OCH3 is 1. The van der Waals surface area contributed by atoms with Crippen molar-refractivity contribution in [3.05, 3.63) is 0 Å². The molecule has 1 N–H and O–H groups in total. The van der Waals surface area contributed by atoms with Crippen LogP contribution in [-0.4, -0.2) is 38.0 Å². The van der Waals surface area contributed by atoms with Gasteiger partial charge in [-0.15, -0.1) is 0 Å². The maximum atomic E-state index is 11.0. The van der Waals surface area contributed by atoms with Crippen LogP contribution in [0.15, 0.2) is 0 Å². The number of hydrogen-bond acceptors (Lipinski definition) is 3. The minimum Gasteiger partial charge on any atom is -0.481 e. The number of carboxylic acids is 1. The van der Waals surface area contributed by atoms with Crippen molar-refractivity contribution in [2.24, 2.45) is 11.8 Å². The van der Waals surface area contributed by atoms with E-state index in [1.165, 1.54) is 0 Å². The van der Waals surface area contributed by atoms with Crippen molar-refractivity contribution in [2.75, 3.05) is 26.9 Å². The van der Waals surface area contributed by atoms with Gasteiger partial charge >= 0.3 is 5.97 Å². The van der Waals surface area contributed by atoms with Crippen LogP contribution in [0.5, 0.6) is 0 Å². The van der Waals surface area contributed by atoms with Crippen LogP contribution in [0.2, 0.25) is 0 Å². The molecule has 1 saturated heterocycles. The van der Waals surface area contributed by atoms with Crippen molar-refractivity contribution in [3.8, 4) is 0 Å². The predicted octanol–water partition coefficient (Wildman–Crippen LogP) is 1.15. The zero-order chi connectivity index (χ0) is 10.4. The van der Waals surface area contributed by atoms with Gasteiger partial charge in [-0.25, -0.2) is 0 Å². The summed E-state index contributed by atoms with van der Waals surface area (Å²) in [7, 11) is 1.60. The average molecular weight is 202 g/mol. The Balaban J connectivity index is 2.43. The van der Waals surface area contributed by atoms with Crippen LogP contribution >= 0.6 is 0 Å². The van der Waals surface area contributed by atoms with E-state index >= 15 is 0 Å². The second-order valence-corrected chi connectivity index (χ2v) is 3.68. The molecule has 1 atom stereocenters. The summed E-state index contributed by atoms with van der Waals surface area (Å²) in [6.07, 6.45) is 2.33. The fourth-order valence-corrected chi connectivity index (χ4v) is 1.92. The largest absolute Gasteiger partial charge is 0.481 e. The van der Waals surface area contributed by atoms with E-state index in [4.69, 9.17) is 14.6 Å². The summed E-state index contributed by atoms with van der Waals surface area (Å²) in [6.45, 7) is 1.91. The summed E-state index contributed by atoms with van der Waals surface area (Å²) in [5.74, 6) is -0.704. The molecule has 0 amide bonds. The fraction of sp³-hybridized carbons (Fsp3) is 0.900. The first-order valence-corrected chi connectivity index (χ1v) is 5.05. The highest BCUT2D eigenvalue weighted by molar-refractivity contribution is 5.70. The molecule has 1 aliphatic heterocycles. The van der Waals surface area contributed by atoms with E-state index in [2.05, 4.69) is 0 Å². The lowest BCUT2D eigenvalue weighted by Gasteiger charge is -2.27. The summed E-state index contributed by atoms with van der Waals surface area (Å²) in [6, 6.07) is 0. The molecule has 0 aromatic rings. The van der Waals surface area contributed by atoms with Crippen molar-refractivity contribution in [2.45, 2.75) is 19.3 Å². The topological polar surface area (TPSA) is 55.8 Å². The van der Waals surface area contributed by atoms with Crippen LogP contribution in [-0.2, 0) is 14.3 Å². The van der Waals surface area contributed by atoms with E-state index < -0.39 is 5.97 Å². The fourth-order valence-electron chi connectivity index (χ4n) is 1.92. The lowest BCUT2D eigenvalue weighted by molar-refractivity contribution is -0.145. The third-order valence-corrected chi connectivity index (χ3v) is 2.79. The zero-order valence-electron chi connectivity index (χ0n) is 8.57. The van der Waals surface area contributed by atoms with Gasteiger partial charge in [-0.3, -0.25) is 4.79 Å². The molecule has 0 bridgehead atoms. The summed E-state index contributed by atoms with van der Waals surface area (Å²) < 4.78 is 10.1. The van der Waals surface area contributed by atoms with Crippen LogP contribution in [0.4, 0.5) is 0 Å². The maximum Gasteiger partial charge on any atom is 0.306 e. The average Bonchev–Trinajstić information content (AvgIpc) is 2.19. The number of carbonyl (C=O) groups is 1. The molecule has 0 aromatic heterocycles. The number of hydrogen-bond donors (Lipinski definition) is 1. The Morgan fingerprint density at radius 1 is 1.57 bits per heavy atom. The standard InChI is InChI=1S/C10H18O4/c1-13-5-4-9(10(11)12)8-2-6-14-7-3-8/h8-9H,2-7H2,1H3,(H,11,12). The first-order valence-electron chi connectivity index (χ1n) is 5.05. The van der Waals surface area contributed by atoms with Crippen LogP contribution in [0.25, 0.3) is 0 Å². The van der Waals surface area contributed by atoms with Gasteiger partial charge < -0.3 is 14.6 Å². The van der Waals surface area contributed by atoms with Crippen molar-refractivity contribution in [1.82, 2.24) is 0 Å². The molecule has 0 aliphatic carbocycles. The van der Waals surface area contributed by atoms with Crippen LogP contribution in [0.1, 0.15) is 19.3 Å². The minimum atomic E-state index is -0.700. The van der Waals surface area contributed by atoms with Crippen LogP contribution < -0.4 is 0 Å². The molecule has 1 heterocycles. The smallest absolute Gasteiger partial charge is 0.306 e. The minimum absolute atomic E-state index is 0.261. The Morgan fingerprint density at radius 3 is 2.71 bits per heavy atom. The maximum absolute atomic E-state index is 11.0. The molecule has 1 rings (SSSR count). The molecular formula is C10H18O4. The third-order valence-electron chi connectivity index (χ3n) is 2.79. The molecule has 1 fully saturated rings. The summed E-state index contributed by atoms with van der Waals surface area (Å²) >= 11 is 0. The van der Waals surface area contributed by atoms with Gasteiger partial charge in [0.1, 0.15) is 0 Å². The molecule has 0 aromatic carbocycles. The molecule has 82 valence electrons. The van der Waals surface area contributed by atoms with E-state index in [1.807, 2.05) is 0 Å². The third kappa shape index (κ3) is 3.27. The Morgan fingerprint density at radius 2 is 2.21 bits per heavy atom. The molecule has 1 aliphatic rings. The van der Waals surface area contributed by atoms with E-state index in [1.54, 1.807) is 7.11 Å². The van der Waals surface area contributed by atoms with E-state index in [0.717, 1.165) is 12.8 Å². The van der Waals surface area contributed by atoms with Crippen LogP contribution in [0, 0.1) is 11.8 Å². The van der Waals surface area contributed by atoms with Gasteiger partial charge in [0, 0.05) is 26.9 Å². The number of rotatable bonds is 5. The van der Waals surface area contributed by atoms with Gasteiger partial charge in [-0.05, 0) is 25.2 Å². The lowest BCUT2D eigenvalue weighted by Crippen LogP contribution is -2.29. The monoisotopic (exact) mass is 202 g/mol. The summed E-state index contributed by atoms with van der Waals surface area (Å²) in [5.41, 5.74) is 0. The highest BCUT2D eigenvalue weighted by Gasteiger charge is 2.29.